The van der Waals surface area contributed by atoms with E-state index in [1.807, 2.05) is 0 Å². The van der Waals surface area contributed by atoms with Gasteiger partial charge in [-0.2, -0.15) is 4.98 Å². The summed E-state index contributed by atoms with van der Waals surface area (Å²) in [4.78, 5) is 39.6. The van der Waals surface area contributed by atoms with Crippen molar-refractivity contribution < 1.29 is 28.2 Å². The van der Waals surface area contributed by atoms with Crippen LogP contribution in [0.4, 0.5) is 10.2 Å². The van der Waals surface area contributed by atoms with Crippen molar-refractivity contribution in [2.75, 3.05) is 12.3 Å². The highest BCUT2D eigenvalue weighted by atomic mass is 19.1. The first-order chi connectivity index (χ1) is 12.9. The number of esters is 2. The SMILES string of the molecule is CC(C)C(=O)OC[C@@H]1O[C@@H](n2ccc(N)nc2=O)[C@](C)(F)[C@@H]1OC(=O)C(C)C. The van der Waals surface area contributed by atoms with Crippen molar-refractivity contribution in [1.29, 1.82) is 0 Å². The molecule has 1 aliphatic rings. The molecule has 10 heteroatoms. The molecule has 0 aliphatic carbocycles. The Morgan fingerprint density at radius 2 is 1.93 bits per heavy atom. The first kappa shape index (κ1) is 21.8. The molecule has 9 nitrogen and oxygen atoms in total. The average Bonchev–Trinajstić information content (AvgIpc) is 2.83. The molecule has 28 heavy (non-hydrogen) atoms. The van der Waals surface area contributed by atoms with E-state index in [0.717, 1.165) is 11.5 Å². The summed E-state index contributed by atoms with van der Waals surface area (Å²) in [6.07, 6.45) is -2.69. The Morgan fingerprint density at radius 3 is 2.46 bits per heavy atom. The third-order valence-corrected chi connectivity index (χ3v) is 4.36. The highest BCUT2D eigenvalue weighted by molar-refractivity contribution is 5.72. The molecule has 1 saturated heterocycles. The molecule has 0 amide bonds. The number of alkyl halides is 1. The molecule has 0 radical (unpaired) electrons. The number of nitrogens with zero attached hydrogens (tertiary/aromatic N) is 2. The van der Waals surface area contributed by atoms with Crippen molar-refractivity contribution >= 4 is 17.8 Å². The summed E-state index contributed by atoms with van der Waals surface area (Å²) >= 11 is 0. The highest BCUT2D eigenvalue weighted by Gasteiger charge is 2.58. The molecule has 2 N–H and O–H groups in total. The number of halogens is 1. The van der Waals surface area contributed by atoms with Crippen LogP contribution in [0.2, 0.25) is 0 Å². The monoisotopic (exact) mass is 399 g/mol. The molecule has 0 aromatic carbocycles. The van der Waals surface area contributed by atoms with Crippen molar-refractivity contribution in [3.05, 3.63) is 22.7 Å². The molecule has 156 valence electrons. The fraction of sp³-hybridized carbons (Fsp3) is 0.667. The Labute approximate surface area is 162 Å². The summed E-state index contributed by atoms with van der Waals surface area (Å²) in [6.45, 7) is 7.33. The third kappa shape index (κ3) is 4.49. The van der Waals surface area contributed by atoms with Crippen molar-refractivity contribution in [2.24, 2.45) is 11.8 Å². The smallest absolute Gasteiger partial charge is 0.351 e. The summed E-state index contributed by atoms with van der Waals surface area (Å²) in [5.41, 5.74) is 2.36. The summed E-state index contributed by atoms with van der Waals surface area (Å²) in [5, 5.41) is 0. The van der Waals surface area contributed by atoms with Crippen LogP contribution in [-0.4, -0.2) is 46.0 Å². The van der Waals surface area contributed by atoms with Gasteiger partial charge in [0.05, 0.1) is 11.8 Å². The molecule has 0 saturated carbocycles. The molecule has 1 aromatic heterocycles. The maximum atomic E-state index is 15.7. The van der Waals surface area contributed by atoms with Gasteiger partial charge in [0.15, 0.2) is 18.0 Å². The zero-order valence-electron chi connectivity index (χ0n) is 16.5. The molecule has 1 fully saturated rings. The Bertz CT molecular complexity index is 792. The second-order valence-corrected chi connectivity index (χ2v) is 7.52. The standard InChI is InChI=1S/C18H26FN3O6/c1-9(2)14(23)26-8-11-13(28-15(24)10(3)4)18(5,19)16(27-11)22-7-6-12(20)21-17(22)25/h6-7,9-11,13,16H,8H2,1-5H3,(H2,20,21,25)/t11-,13+,16+,18+/m0/s1. The second kappa shape index (κ2) is 8.26. The predicted molar refractivity (Wildman–Crippen MR) is 96.8 cm³/mol. The number of hydrogen-bond donors (Lipinski definition) is 1. The predicted octanol–water partition coefficient (Wildman–Crippen LogP) is 1.22. The minimum absolute atomic E-state index is 0.0231. The van der Waals surface area contributed by atoms with E-state index in [-0.39, 0.29) is 12.4 Å². The molecule has 1 aliphatic heterocycles. The fourth-order valence-corrected chi connectivity index (χ4v) is 2.73. The Hall–Kier alpha value is -2.49. The number of aromatic nitrogens is 2. The van der Waals surface area contributed by atoms with Crippen molar-refractivity contribution in [3.63, 3.8) is 0 Å². The van der Waals surface area contributed by atoms with Crippen molar-refractivity contribution in [1.82, 2.24) is 9.55 Å². The normalized spacial score (nSPS) is 27.2. The molecule has 2 rings (SSSR count). The van der Waals surface area contributed by atoms with Crippen LogP contribution in [-0.2, 0) is 23.8 Å². The Morgan fingerprint density at radius 1 is 1.32 bits per heavy atom. The summed E-state index contributed by atoms with van der Waals surface area (Å²) < 4.78 is 32.7. The Balaban J connectivity index is 2.34. The minimum atomic E-state index is -2.29. The van der Waals surface area contributed by atoms with Crippen LogP contribution in [0.15, 0.2) is 17.1 Å². The van der Waals surface area contributed by atoms with Gasteiger partial charge >= 0.3 is 17.6 Å². The number of nitrogen functional groups attached to an aromatic ring is 1. The zero-order valence-corrected chi connectivity index (χ0v) is 16.5. The third-order valence-electron chi connectivity index (χ3n) is 4.36. The first-order valence-corrected chi connectivity index (χ1v) is 9.01. The van der Waals surface area contributed by atoms with Gasteiger partial charge in [0.1, 0.15) is 18.5 Å². The summed E-state index contributed by atoms with van der Waals surface area (Å²) in [6, 6.07) is 1.32. The lowest BCUT2D eigenvalue weighted by molar-refractivity contribution is -0.165. The van der Waals surface area contributed by atoms with E-state index >= 15 is 4.39 Å². The van der Waals surface area contributed by atoms with Crippen molar-refractivity contribution in [2.45, 2.75) is 58.7 Å². The second-order valence-electron chi connectivity index (χ2n) is 7.52. The van der Waals surface area contributed by atoms with E-state index in [1.54, 1.807) is 27.7 Å². The number of ether oxygens (including phenoxy) is 3. The fourth-order valence-electron chi connectivity index (χ4n) is 2.73. The maximum absolute atomic E-state index is 15.7. The minimum Gasteiger partial charge on any atom is -0.463 e. The van der Waals surface area contributed by atoms with Crippen LogP contribution in [0.3, 0.4) is 0 Å². The largest absolute Gasteiger partial charge is 0.463 e. The number of nitrogens with two attached hydrogens (primary N) is 1. The summed E-state index contributed by atoms with van der Waals surface area (Å²) in [7, 11) is 0. The highest BCUT2D eigenvalue weighted by Crippen LogP contribution is 2.42. The van der Waals surface area contributed by atoms with Gasteiger partial charge in [-0.3, -0.25) is 14.2 Å². The van der Waals surface area contributed by atoms with E-state index in [1.165, 1.54) is 12.3 Å². The lowest BCUT2D eigenvalue weighted by atomic mass is 9.98. The lowest BCUT2D eigenvalue weighted by Gasteiger charge is -2.28. The molecular formula is C18H26FN3O6. The van der Waals surface area contributed by atoms with E-state index in [9.17, 15) is 14.4 Å². The first-order valence-electron chi connectivity index (χ1n) is 9.01. The molecule has 4 atom stereocenters. The van der Waals surface area contributed by atoms with Crippen LogP contribution >= 0.6 is 0 Å². The molecular weight excluding hydrogens is 373 g/mol. The van der Waals surface area contributed by atoms with Gasteiger partial charge < -0.3 is 19.9 Å². The van der Waals surface area contributed by atoms with Gasteiger partial charge in [0.2, 0.25) is 0 Å². The molecule has 0 spiro atoms. The molecule has 0 unspecified atom stereocenters. The number of rotatable bonds is 6. The topological polar surface area (TPSA) is 123 Å². The van der Waals surface area contributed by atoms with Crippen LogP contribution in [0.25, 0.3) is 0 Å². The van der Waals surface area contributed by atoms with Crippen LogP contribution in [0.1, 0.15) is 40.8 Å². The zero-order chi connectivity index (χ0) is 21.2. The number of carbonyl (C=O) groups excluding carboxylic acids is 2. The molecule has 1 aromatic rings. The van der Waals surface area contributed by atoms with Gasteiger partial charge in [-0.15, -0.1) is 0 Å². The Kier molecular flexibility index (Phi) is 6.43. The van der Waals surface area contributed by atoms with Gasteiger partial charge in [-0.1, -0.05) is 27.7 Å². The number of hydrogen-bond acceptors (Lipinski definition) is 8. The number of carbonyl (C=O) groups is 2. The van der Waals surface area contributed by atoms with Crippen molar-refractivity contribution in [3.8, 4) is 0 Å². The van der Waals surface area contributed by atoms with E-state index in [0.29, 0.717) is 0 Å². The van der Waals surface area contributed by atoms with Gasteiger partial charge in [-0.05, 0) is 13.0 Å². The van der Waals surface area contributed by atoms with Crippen LogP contribution < -0.4 is 11.4 Å². The van der Waals surface area contributed by atoms with E-state index < -0.39 is 53.6 Å². The van der Waals surface area contributed by atoms with E-state index in [4.69, 9.17) is 19.9 Å². The van der Waals surface area contributed by atoms with Gasteiger partial charge in [0, 0.05) is 6.20 Å². The van der Waals surface area contributed by atoms with Crippen LogP contribution in [0, 0.1) is 11.8 Å². The van der Waals surface area contributed by atoms with Crippen LogP contribution in [0.5, 0.6) is 0 Å². The lowest BCUT2D eigenvalue weighted by Crippen LogP contribution is -2.46. The average molecular weight is 399 g/mol. The maximum Gasteiger partial charge on any atom is 0.351 e. The molecule has 2 heterocycles. The molecule has 0 bridgehead atoms. The summed E-state index contributed by atoms with van der Waals surface area (Å²) in [5.74, 6) is -2.07. The van der Waals surface area contributed by atoms with Gasteiger partial charge in [0.25, 0.3) is 0 Å². The van der Waals surface area contributed by atoms with E-state index in [2.05, 4.69) is 4.98 Å². The quantitative estimate of drug-likeness (QED) is 0.709. The number of anilines is 1. The van der Waals surface area contributed by atoms with Gasteiger partial charge in [-0.25, -0.2) is 9.18 Å².